The molecule has 3 aromatic carbocycles. The molecule has 27 heavy (non-hydrogen) atoms. The van der Waals surface area contributed by atoms with E-state index in [9.17, 15) is 20.2 Å². The van der Waals surface area contributed by atoms with Gasteiger partial charge in [0.1, 0.15) is 5.75 Å². The first kappa shape index (κ1) is 18.6. The molecule has 0 radical (unpaired) electrons. The third-order valence-electron chi connectivity index (χ3n) is 3.68. The Bertz CT molecular complexity index is 1060. The van der Waals surface area contributed by atoms with Crippen molar-refractivity contribution in [2.24, 2.45) is 0 Å². The topological polar surface area (TPSA) is 95.5 Å². The molecule has 0 heterocycles. The minimum Gasteiger partial charge on any atom is -0.449 e. The molecule has 7 nitrogen and oxygen atoms in total. The Morgan fingerprint density at radius 2 is 1.52 bits per heavy atom. The van der Waals surface area contributed by atoms with E-state index < -0.39 is 9.85 Å². The zero-order valence-corrected chi connectivity index (χ0v) is 15.0. The van der Waals surface area contributed by atoms with Crippen LogP contribution in [0.25, 0.3) is 11.1 Å². The van der Waals surface area contributed by atoms with Gasteiger partial charge < -0.3 is 4.74 Å². The van der Waals surface area contributed by atoms with Gasteiger partial charge in [-0.2, -0.15) is 0 Å². The molecule has 0 saturated heterocycles. The van der Waals surface area contributed by atoms with E-state index in [1.54, 1.807) is 18.2 Å². The standard InChI is InChI=1S/C18H10Cl2N2O5/c19-11-5-7-13(15(20)9-11)14-10-12(21(23)24)6-8-17(14)27-18-4-2-1-3-16(18)22(25)26/h1-10H. The minimum atomic E-state index is -0.574. The lowest BCUT2D eigenvalue weighted by atomic mass is 10.0. The maximum absolute atomic E-state index is 11.2. The van der Waals surface area contributed by atoms with Gasteiger partial charge in [-0.25, -0.2) is 0 Å². The van der Waals surface area contributed by atoms with E-state index in [1.807, 2.05) is 0 Å². The summed E-state index contributed by atoms with van der Waals surface area (Å²) < 4.78 is 5.72. The zero-order chi connectivity index (χ0) is 19.6. The second-order valence-electron chi connectivity index (χ2n) is 5.39. The van der Waals surface area contributed by atoms with Crippen LogP contribution in [0.4, 0.5) is 11.4 Å². The van der Waals surface area contributed by atoms with Gasteiger partial charge in [-0.1, -0.05) is 41.4 Å². The summed E-state index contributed by atoms with van der Waals surface area (Å²) in [5.74, 6) is 0.182. The van der Waals surface area contributed by atoms with E-state index in [0.29, 0.717) is 16.1 Å². The third kappa shape index (κ3) is 3.99. The fourth-order valence-corrected chi connectivity index (χ4v) is 2.96. The first-order valence-electron chi connectivity index (χ1n) is 7.52. The molecule has 9 heteroatoms. The summed E-state index contributed by atoms with van der Waals surface area (Å²) in [7, 11) is 0. The molecule has 0 amide bonds. The van der Waals surface area contributed by atoms with Gasteiger partial charge in [0.05, 0.1) is 14.9 Å². The van der Waals surface area contributed by atoms with Crippen molar-refractivity contribution >= 4 is 34.6 Å². The van der Waals surface area contributed by atoms with Crippen molar-refractivity contribution in [3.63, 3.8) is 0 Å². The van der Waals surface area contributed by atoms with Gasteiger partial charge in [-0.3, -0.25) is 20.2 Å². The van der Waals surface area contributed by atoms with Crippen molar-refractivity contribution in [3.05, 3.63) is 90.9 Å². The van der Waals surface area contributed by atoms with Crippen LogP contribution >= 0.6 is 23.2 Å². The fraction of sp³-hybridized carbons (Fsp3) is 0. The Kier molecular flexibility index (Phi) is 5.25. The highest BCUT2D eigenvalue weighted by molar-refractivity contribution is 6.36. The molecule has 0 bridgehead atoms. The number of hydrogen-bond donors (Lipinski definition) is 0. The molecule has 3 aromatic rings. The van der Waals surface area contributed by atoms with Crippen LogP contribution in [-0.4, -0.2) is 9.85 Å². The second-order valence-corrected chi connectivity index (χ2v) is 6.23. The number of non-ortho nitro benzene ring substituents is 1. The number of nitro benzene ring substituents is 2. The lowest BCUT2D eigenvalue weighted by Crippen LogP contribution is -1.96. The van der Waals surface area contributed by atoms with Crippen molar-refractivity contribution < 1.29 is 14.6 Å². The minimum absolute atomic E-state index is 0.00249. The molecule has 0 unspecified atom stereocenters. The Labute approximate surface area is 163 Å². The van der Waals surface area contributed by atoms with Crippen molar-refractivity contribution in [1.82, 2.24) is 0 Å². The average molecular weight is 405 g/mol. The largest absolute Gasteiger partial charge is 0.449 e. The van der Waals surface area contributed by atoms with Crippen LogP contribution in [-0.2, 0) is 0 Å². The Hall–Kier alpha value is -3.16. The van der Waals surface area contributed by atoms with E-state index in [1.165, 1.54) is 42.5 Å². The van der Waals surface area contributed by atoms with Crippen LogP contribution < -0.4 is 4.74 Å². The Balaban J connectivity index is 2.16. The number of rotatable bonds is 5. The predicted molar refractivity (Wildman–Crippen MR) is 102 cm³/mol. The SMILES string of the molecule is O=[N+]([O-])c1ccc(Oc2ccccc2[N+](=O)[O-])c(-c2ccc(Cl)cc2Cl)c1. The summed E-state index contributed by atoms with van der Waals surface area (Å²) in [6.07, 6.45) is 0. The van der Waals surface area contributed by atoms with E-state index in [-0.39, 0.29) is 27.9 Å². The monoisotopic (exact) mass is 404 g/mol. The molecule has 0 spiro atoms. The fourth-order valence-electron chi connectivity index (χ4n) is 2.45. The molecule has 136 valence electrons. The van der Waals surface area contributed by atoms with Crippen molar-refractivity contribution in [1.29, 1.82) is 0 Å². The average Bonchev–Trinajstić information content (AvgIpc) is 2.62. The summed E-state index contributed by atoms with van der Waals surface area (Å²) >= 11 is 12.1. The Morgan fingerprint density at radius 3 is 2.19 bits per heavy atom. The van der Waals surface area contributed by atoms with Gasteiger partial charge in [0.25, 0.3) is 5.69 Å². The number of benzene rings is 3. The third-order valence-corrected chi connectivity index (χ3v) is 4.22. The van der Waals surface area contributed by atoms with E-state index in [4.69, 9.17) is 27.9 Å². The van der Waals surface area contributed by atoms with Crippen LogP contribution in [0, 0.1) is 20.2 Å². The quantitative estimate of drug-likeness (QED) is 0.368. The summed E-state index contributed by atoms with van der Waals surface area (Å²) in [4.78, 5) is 21.2. The van der Waals surface area contributed by atoms with Gasteiger partial charge in [0, 0.05) is 34.3 Å². The normalized spacial score (nSPS) is 10.4. The summed E-state index contributed by atoms with van der Waals surface area (Å²) in [6, 6.07) is 14.4. The van der Waals surface area contributed by atoms with Crippen molar-refractivity contribution in [2.45, 2.75) is 0 Å². The van der Waals surface area contributed by atoms with Gasteiger partial charge in [0.15, 0.2) is 0 Å². The number of nitro groups is 2. The smallest absolute Gasteiger partial charge is 0.311 e. The van der Waals surface area contributed by atoms with Gasteiger partial charge in [0.2, 0.25) is 5.75 Å². The lowest BCUT2D eigenvalue weighted by Gasteiger charge is -2.13. The highest BCUT2D eigenvalue weighted by Gasteiger charge is 2.20. The molecule has 0 saturated carbocycles. The molecule has 0 atom stereocenters. The summed E-state index contributed by atoms with van der Waals surface area (Å²) in [5.41, 5.74) is 0.345. The molecular weight excluding hydrogens is 395 g/mol. The predicted octanol–water partition coefficient (Wildman–Crippen LogP) is 6.27. The van der Waals surface area contributed by atoms with Gasteiger partial charge >= 0.3 is 5.69 Å². The molecular formula is C18H10Cl2N2O5. The van der Waals surface area contributed by atoms with Crippen LogP contribution in [0.2, 0.25) is 10.0 Å². The van der Waals surface area contributed by atoms with Crippen LogP contribution in [0.5, 0.6) is 11.5 Å². The second kappa shape index (κ2) is 7.61. The maximum Gasteiger partial charge on any atom is 0.311 e. The van der Waals surface area contributed by atoms with Crippen LogP contribution in [0.3, 0.4) is 0 Å². The molecule has 0 aromatic heterocycles. The molecule has 0 N–H and O–H groups in total. The molecule has 0 fully saturated rings. The van der Waals surface area contributed by atoms with Gasteiger partial charge in [-0.05, 0) is 24.3 Å². The van der Waals surface area contributed by atoms with Gasteiger partial charge in [-0.15, -0.1) is 0 Å². The number of ether oxygens (including phenoxy) is 1. The lowest BCUT2D eigenvalue weighted by molar-refractivity contribution is -0.385. The highest BCUT2D eigenvalue weighted by Crippen LogP contribution is 2.41. The first-order valence-corrected chi connectivity index (χ1v) is 8.27. The van der Waals surface area contributed by atoms with E-state index in [0.717, 1.165) is 0 Å². The zero-order valence-electron chi connectivity index (χ0n) is 13.5. The number of halogens is 2. The summed E-state index contributed by atoms with van der Waals surface area (Å²) in [5, 5.41) is 23.0. The van der Waals surface area contributed by atoms with Crippen molar-refractivity contribution in [2.75, 3.05) is 0 Å². The first-order chi connectivity index (χ1) is 12.9. The van der Waals surface area contributed by atoms with E-state index in [2.05, 4.69) is 0 Å². The molecule has 3 rings (SSSR count). The number of nitrogens with zero attached hydrogens (tertiary/aromatic N) is 2. The summed E-state index contributed by atoms with van der Waals surface area (Å²) in [6.45, 7) is 0. The van der Waals surface area contributed by atoms with Crippen LogP contribution in [0.1, 0.15) is 0 Å². The molecule has 0 aliphatic rings. The number of para-hydroxylation sites is 2. The highest BCUT2D eigenvalue weighted by atomic mass is 35.5. The maximum atomic E-state index is 11.2. The Morgan fingerprint density at radius 1 is 0.778 bits per heavy atom. The number of hydrogen-bond acceptors (Lipinski definition) is 5. The molecule has 0 aliphatic carbocycles. The van der Waals surface area contributed by atoms with Crippen molar-refractivity contribution in [3.8, 4) is 22.6 Å². The van der Waals surface area contributed by atoms with Crippen LogP contribution in [0.15, 0.2) is 60.7 Å². The molecule has 0 aliphatic heterocycles. The van der Waals surface area contributed by atoms with E-state index >= 15 is 0 Å².